The van der Waals surface area contributed by atoms with Gasteiger partial charge in [-0.1, -0.05) is 6.07 Å². The number of rotatable bonds is 10. The number of nitrogens with one attached hydrogen (secondary N) is 2. The number of aromatic nitrogens is 3. The second-order valence-electron chi connectivity index (χ2n) is 14.1. The number of likely N-dealkylation sites (tertiary alicyclic amines) is 2. The van der Waals surface area contributed by atoms with Crippen LogP contribution in [0.1, 0.15) is 71.1 Å². The minimum absolute atomic E-state index is 0.0619. The van der Waals surface area contributed by atoms with Crippen LogP contribution in [0.5, 0.6) is 11.5 Å². The molecule has 14 nitrogen and oxygen atoms in total. The number of methoxy groups -OCH3 is 2. The minimum atomic E-state index is -0.514. The van der Waals surface area contributed by atoms with Gasteiger partial charge in [-0.3, -0.25) is 29.3 Å². The summed E-state index contributed by atoms with van der Waals surface area (Å²) in [6.45, 7) is 6.49. The zero-order valence-corrected chi connectivity index (χ0v) is 30.5. The standard InChI is InChI=1S/C39H46N8O6/c1-25-5-4-6-30(40-25)37(49)41-32-21-28-24-47(43-31(28)23-35(32)53-3)29-12-16-44(17-13-29)15-9-26-10-18-45(19-11-26)38(50)27-7-8-34(52-2)33(22-27)46-20-14-36(48)42-39(46)51/h4-8,21-24,26,29H,9-20H2,1-3H3,(H,41,49)(H,42,48,51). The highest BCUT2D eigenvalue weighted by molar-refractivity contribution is 6.07. The van der Waals surface area contributed by atoms with Gasteiger partial charge in [-0.2, -0.15) is 5.10 Å². The van der Waals surface area contributed by atoms with Crippen LogP contribution in [0, 0.1) is 12.8 Å². The molecule has 4 aromatic rings. The Morgan fingerprint density at radius 1 is 0.925 bits per heavy atom. The van der Waals surface area contributed by atoms with Crippen LogP contribution in [0.15, 0.2) is 54.7 Å². The van der Waals surface area contributed by atoms with Gasteiger partial charge in [0.05, 0.1) is 37.2 Å². The predicted octanol–water partition coefficient (Wildman–Crippen LogP) is 5.03. The number of fused-ring (bicyclic) bond motifs is 1. The normalized spacial score (nSPS) is 17.6. The molecule has 3 aliphatic rings. The maximum absolute atomic E-state index is 13.5. The van der Waals surface area contributed by atoms with Gasteiger partial charge in [-0.25, -0.2) is 9.78 Å². The van der Waals surface area contributed by atoms with Crippen molar-refractivity contribution >= 4 is 46.0 Å². The molecule has 7 rings (SSSR count). The average Bonchev–Trinajstić information content (AvgIpc) is 3.59. The average molecular weight is 723 g/mol. The first kappa shape index (κ1) is 35.9. The van der Waals surface area contributed by atoms with Gasteiger partial charge in [0.25, 0.3) is 11.8 Å². The number of piperidine rings is 2. The van der Waals surface area contributed by atoms with E-state index in [4.69, 9.17) is 14.6 Å². The van der Waals surface area contributed by atoms with Crippen molar-refractivity contribution in [3.8, 4) is 11.5 Å². The lowest BCUT2D eigenvalue weighted by molar-refractivity contribution is -0.120. The summed E-state index contributed by atoms with van der Waals surface area (Å²) in [4.78, 5) is 60.8. The Bertz CT molecular complexity index is 2010. The molecule has 5 amide bonds. The van der Waals surface area contributed by atoms with Crippen molar-refractivity contribution in [2.45, 2.75) is 51.5 Å². The SMILES string of the molecule is COc1cc2nn(C3CCN(CCC4CCN(C(=O)c5ccc(OC)c(N6CCC(=O)NC6=O)c5)CC4)CC3)cc2cc1NC(=O)c1cccc(C)n1. The molecule has 0 spiro atoms. The summed E-state index contributed by atoms with van der Waals surface area (Å²) in [5.74, 6) is 0.909. The molecule has 0 unspecified atom stereocenters. The first-order valence-electron chi connectivity index (χ1n) is 18.3. The van der Waals surface area contributed by atoms with E-state index in [-0.39, 0.29) is 30.7 Å². The maximum Gasteiger partial charge on any atom is 0.328 e. The van der Waals surface area contributed by atoms with Crippen LogP contribution in [0.4, 0.5) is 16.2 Å². The molecular weight excluding hydrogens is 676 g/mol. The molecule has 0 bridgehead atoms. The Hall–Kier alpha value is -5.50. The fraction of sp³-hybridized carbons (Fsp3) is 0.436. The molecule has 3 saturated heterocycles. The van der Waals surface area contributed by atoms with Gasteiger partial charge >= 0.3 is 6.03 Å². The van der Waals surface area contributed by atoms with Crippen LogP contribution in [0.25, 0.3) is 10.9 Å². The summed E-state index contributed by atoms with van der Waals surface area (Å²) < 4.78 is 13.1. The van der Waals surface area contributed by atoms with E-state index >= 15 is 0 Å². The van der Waals surface area contributed by atoms with Crippen molar-refractivity contribution in [1.82, 2.24) is 29.9 Å². The van der Waals surface area contributed by atoms with E-state index in [1.54, 1.807) is 31.4 Å². The van der Waals surface area contributed by atoms with E-state index in [1.165, 1.54) is 12.0 Å². The highest BCUT2D eigenvalue weighted by atomic mass is 16.5. The topological polar surface area (TPSA) is 151 Å². The van der Waals surface area contributed by atoms with Crippen molar-refractivity contribution in [3.63, 3.8) is 0 Å². The lowest BCUT2D eigenvalue weighted by Gasteiger charge is -2.35. The fourth-order valence-electron chi connectivity index (χ4n) is 7.59. The number of amides is 5. The zero-order chi connectivity index (χ0) is 37.1. The Morgan fingerprint density at radius 2 is 1.70 bits per heavy atom. The van der Waals surface area contributed by atoms with E-state index in [0.717, 1.165) is 68.3 Å². The molecule has 3 aliphatic heterocycles. The number of anilines is 2. The fourth-order valence-corrected chi connectivity index (χ4v) is 7.59. The van der Waals surface area contributed by atoms with Crippen LogP contribution in [0.2, 0.25) is 0 Å². The summed E-state index contributed by atoms with van der Waals surface area (Å²) in [5.41, 5.74) is 3.50. The lowest BCUT2D eigenvalue weighted by atomic mass is 9.92. The van der Waals surface area contributed by atoms with E-state index in [2.05, 4.69) is 31.4 Å². The number of imide groups is 1. The number of carbonyl (C=O) groups is 4. The van der Waals surface area contributed by atoms with Crippen molar-refractivity contribution < 1.29 is 28.7 Å². The zero-order valence-electron chi connectivity index (χ0n) is 30.5. The summed E-state index contributed by atoms with van der Waals surface area (Å²) in [7, 11) is 3.10. The first-order chi connectivity index (χ1) is 25.7. The van der Waals surface area contributed by atoms with Crippen molar-refractivity contribution in [2.75, 3.05) is 63.7 Å². The third-order valence-corrected chi connectivity index (χ3v) is 10.7. The number of nitrogens with zero attached hydrogens (tertiary/aromatic N) is 6. The Morgan fingerprint density at radius 3 is 2.42 bits per heavy atom. The summed E-state index contributed by atoms with van der Waals surface area (Å²) in [6.07, 6.45) is 7.25. The molecule has 5 heterocycles. The number of hydrogen-bond acceptors (Lipinski definition) is 9. The number of ether oxygens (including phenoxy) is 2. The highest BCUT2D eigenvalue weighted by Gasteiger charge is 2.30. The number of carbonyl (C=O) groups excluding carboxylic acids is 4. The minimum Gasteiger partial charge on any atom is -0.495 e. The van der Waals surface area contributed by atoms with E-state index < -0.39 is 6.03 Å². The summed E-state index contributed by atoms with van der Waals surface area (Å²) in [6, 6.07) is 14.0. The van der Waals surface area contributed by atoms with Gasteiger partial charge in [-0.05, 0) is 87.9 Å². The molecule has 3 fully saturated rings. The Labute approximate surface area is 308 Å². The third-order valence-electron chi connectivity index (χ3n) is 10.7. The molecule has 2 aromatic heterocycles. The highest BCUT2D eigenvalue weighted by Crippen LogP contribution is 2.34. The molecular formula is C39H46N8O6. The lowest BCUT2D eigenvalue weighted by Crippen LogP contribution is -2.49. The molecule has 53 heavy (non-hydrogen) atoms. The molecule has 14 heteroatoms. The van der Waals surface area contributed by atoms with Crippen LogP contribution in [-0.2, 0) is 4.79 Å². The summed E-state index contributed by atoms with van der Waals surface area (Å²) >= 11 is 0. The van der Waals surface area contributed by atoms with Crippen LogP contribution in [-0.4, -0.2) is 102 Å². The van der Waals surface area contributed by atoms with Crippen LogP contribution >= 0.6 is 0 Å². The molecule has 0 atom stereocenters. The second kappa shape index (κ2) is 15.6. The summed E-state index contributed by atoms with van der Waals surface area (Å²) in [5, 5.41) is 11.1. The van der Waals surface area contributed by atoms with Gasteiger partial charge in [0.15, 0.2) is 0 Å². The molecule has 0 saturated carbocycles. The van der Waals surface area contributed by atoms with Gasteiger partial charge in [0.1, 0.15) is 17.2 Å². The second-order valence-corrected chi connectivity index (χ2v) is 14.1. The molecule has 278 valence electrons. The largest absolute Gasteiger partial charge is 0.495 e. The Kier molecular flexibility index (Phi) is 10.6. The predicted molar refractivity (Wildman–Crippen MR) is 200 cm³/mol. The number of aryl methyl sites for hydroxylation is 1. The van der Waals surface area contributed by atoms with Crippen LogP contribution < -0.4 is 25.0 Å². The third kappa shape index (κ3) is 7.97. The molecule has 2 N–H and O–H groups in total. The number of hydrogen-bond donors (Lipinski definition) is 2. The maximum atomic E-state index is 13.5. The molecule has 0 aliphatic carbocycles. The van der Waals surface area contributed by atoms with Crippen molar-refractivity contribution in [1.29, 1.82) is 0 Å². The Balaban J connectivity index is 0.888. The van der Waals surface area contributed by atoms with Gasteiger partial charge in [0.2, 0.25) is 5.91 Å². The first-order valence-corrected chi connectivity index (χ1v) is 18.3. The molecule has 0 radical (unpaired) electrons. The number of urea groups is 1. The van der Waals surface area contributed by atoms with E-state index in [9.17, 15) is 19.2 Å². The number of benzene rings is 2. The smallest absolute Gasteiger partial charge is 0.328 e. The van der Waals surface area contributed by atoms with Crippen molar-refractivity contribution in [2.24, 2.45) is 5.92 Å². The monoisotopic (exact) mass is 722 g/mol. The number of pyridine rings is 1. The van der Waals surface area contributed by atoms with Crippen molar-refractivity contribution in [3.05, 3.63) is 71.7 Å². The van der Waals surface area contributed by atoms with E-state index in [0.29, 0.717) is 59.2 Å². The quantitative estimate of drug-likeness (QED) is 0.230. The van der Waals surface area contributed by atoms with Gasteiger partial charge in [-0.15, -0.1) is 0 Å². The molecule has 2 aromatic carbocycles. The van der Waals surface area contributed by atoms with Gasteiger partial charge < -0.3 is 24.6 Å². The van der Waals surface area contributed by atoms with E-state index in [1.807, 2.05) is 36.1 Å². The van der Waals surface area contributed by atoms with Gasteiger partial charge in [0, 0.05) is 68.1 Å². The van der Waals surface area contributed by atoms with Crippen LogP contribution in [0.3, 0.4) is 0 Å².